The fourth-order valence-electron chi connectivity index (χ4n) is 2.27. The topological polar surface area (TPSA) is 59.6 Å². The molecule has 0 fully saturated rings. The van der Waals surface area contributed by atoms with Crippen molar-refractivity contribution < 1.29 is 14.3 Å². The molecule has 0 atom stereocenters. The molecule has 2 aromatic rings. The van der Waals surface area contributed by atoms with Crippen LogP contribution in [0.2, 0.25) is 0 Å². The Morgan fingerprint density at radius 1 is 1.04 bits per heavy atom. The van der Waals surface area contributed by atoms with E-state index in [1.807, 2.05) is 49.4 Å². The number of carbonyl (C=O) groups is 1. The van der Waals surface area contributed by atoms with Crippen molar-refractivity contribution in [3.8, 4) is 11.5 Å². The molecule has 0 aromatic heterocycles. The quantitative estimate of drug-likeness (QED) is 0.825. The molecule has 0 bridgehead atoms. The Labute approximate surface area is 136 Å². The van der Waals surface area contributed by atoms with Crippen molar-refractivity contribution in [3.05, 3.63) is 53.6 Å². The number of methoxy groups -OCH3 is 2. The fraction of sp³-hybridized carbons (Fsp3) is 0.278. The maximum Gasteiger partial charge on any atom is 0.238 e. The summed E-state index contributed by atoms with van der Waals surface area (Å²) in [6.07, 6.45) is 0. The van der Waals surface area contributed by atoms with E-state index in [4.69, 9.17) is 9.47 Å². The predicted molar refractivity (Wildman–Crippen MR) is 91.1 cm³/mol. The maximum absolute atomic E-state index is 12.1. The van der Waals surface area contributed by atoms with E-state index in [9.17, 15) is 4.79 Å². The normalized spacial score (nSPS) is 10.2. The number of aryl methyl sites for hydroxylation is 1. The summed E-state index contributed by atoms with van der Waals surface area (Å²) >= 11 is 0. The van der Waals surface area contributed by atoms with Crippen molar-refractivity contribution >= 4 is 11.6 Å². The van der Waals surface area contributed by atoms with Crippen LogP contribution in [0, 0.1) is 6.92 Å². The average Bonchev–Trinajstić information content (AvgIpc) is 2.55. The first-order valence-electron chi connectivity index (χ1n) is 7.41. The Kier molecular flexibility index (Phi) is 6.00. The van der Waals surface area contributed by atoms with Gasteiger partial charge in [-0.3, -0.25) is 4.79 Å². The molecule has 5 heteroatoms. The summed E-state index contributed by atoms with van der Waals surface area (Å²) < 4.78 is 10.5. The fourth-order valence-corrected chi connectivity index (χ4v) is 2.27. The molecule has 2 N–H and O–H groups in total. The first-order valence-corrected chi connectivity index (χ1v) is 7.41. The minimum atomic E-state index is -0.121. The third-order valence-corrected chi connectivity index (χ3v) is 3.42. The van der Waals surface area contributed by atoms with E-state index in [2.05, 4.69) is 10.6 Å². The molecule has 1 amide bonds. The van der Waals surface area contributed by atoms with Crippen LogP contribution in [0.5, 0.6) is 11.5 Å². The molecule has 0 aliphatic heterocycles. The van der Waals surface area contributed by atoms with Crippen LogP contribution < -0.4 is 20.1 Å². The number of ether oxygens (including phenoxy) is 2. The highest BCUT2D eigenvalue weighted by Gasteiger charge is 2.08. The lowest BCUT2D eigenvalue weighted by molar-refractivity contribution is -0.115. The number of benzene rings is 2. The SMILES string of the molecule is COc1ccccc1CNCC(=O)Nc1cc(C)ccc1OC. The smallest absolute Gasteiger partial charge is 0.238 e. The minimum absolute atomic E-state index is 0.121. The highest BCUT2D eigenvalue weighted by Crippen LogP contribution is 2.25. The summed E-state index contributed by atoms with van der Waals surface area (Å²) in [6.45, 7) is 2.73. The van der Waals surface area contributed by atoms with Crippen LogP contribution in [0.15, 0.2) is 42.5 Å². The van der Waals surface area contributed by atoms with E-state index in [0.717, 1.165) is 16.9 Å². The molecule has 0 aliphatic rings. The van der Waals surface area contributed by atoms with Crippen LogP contribution in [-0.4, -0.2) is 26.7 Å². The molecule has 23 heavy (non-hydrogen) atoms. The second kappa shape index (κ2) is 8.19. The van der Waals surface area contributed by atoms with Crippen LogP contribution in [0.4, 0.5) is 5.69 Å². The lowest BCUT2D eigenvalue weighted by Crippen LogP contribution is -2.28. The van der Waals surface area contributed by atoms with E-state index in [-0.39, 0.29) is 12.5 Å². The summed E-state index contributed by atoms with van der Waals surface area (Å²) in [4.78, 5) is 12.1. The van der Waals surface area contributed by atoms with E-state index in [1.54, 1.807) is 14.2 Å². The molecule has 0 radical (unpaired) electrons. The van der Waals surface area contributed by atoms with Crippen LogP contribution in [-0.2, 0) is 11.3 Å². The maximum atomic E-state index is 12.1. The number of hydrogen-bond donors (Lipinski definition) is 2. The summed E-state index contributed by atoms with van der Waals surface area (Å²) in [5.41, 5.74) is 2.75. The molecule has 0 saturated carbocycles. The molecule has 2 rings (SSSR count). The lowest BCUT2D eigenvalue weighted by Gasteiger charge is -2.12. The third kappa shape index (κ3) is 4.72. The van der Waals surface area contributed by atoms with E-state index in [0.29, 0.717) is 18.0 Å². The zero-order valence-corrected chi connectivity index (χ0v) is 13.7. The van der Waals surface area contributed by atoms with Crippen LogP contribution in [0.1, 0.15) is 11.1 Å². The molecule has 122 valence electrons. The number of rotatable bonds is 7. The summed E-state index contributed by atoms with van der Waals surface area (Å²) in [7, 11) is 3.22. The summed E-state index contributed by atoms with van der Waals surface area (Å²) in [5, 5.41) is 5.98. The van der Waals surface area contributed by atoms with Gasteiger partial charge < -0.3 is 20.1 Å². The van der Waals surface area contributed by atoms with Gasteiger partial charge in [-0.1, -0.05) is 24.3 Å². The lowest BCUT2D eigenvalue weighted by atomic mass is 10.2. The van der Waals surface area contributed by atoms with Gasteiger partial charge in [-0.05, 0) is 30.7 Å². The van der Waals surface area contributed by atoms with Crippen LogP contribution in [0.3, 0.4) is 0 Å². The number of amides is 1. The first-order chi connectivity index (χ1) is 11.1. The van der Waals surface area contributed by atoms with Gasteiger partial charge in [-0.25, -0.2) is 0 Å². The van der Waals surface area contributed by atoms with Crippen LogP contribution in [0.25, 0.3) is 0 Å². The van der Waals surface area contributed by atoms with Crippen molar-refractivity contribution in [2.24, 2.45) is 0 Å². The van der Waals surface area contributed by atoms with Gasteiger partial charge in [0.25, 0.3) is 0 Å². The van der Waals surface area contributed by atoms with Gasteiger partial charge in [0, 0.05) is 12.1 Å². The largest absolute Gasteiger partial charge is 0.496 e. The molecule has 0 heterocycles. The van der Waals surface area contributed by atoms with E-state index >= 15 is 0 Å². The molecule has 0 spiro atoms. The van der Waals surface area contributed by atoms with Crippen molar-refractivity contribution in [2.75, 3.05) is 26.1 Å². The predicted octanol–water partition coefficient (Wildman–Crippen LogP) is 2.74. The van der Waals surface area contributed by atoms with Gasteiger partial charge in [0.15, 0.2) is 0 Å². The molecule has 0 unspecified atom stereocenters. The number of para-hydroxylation sites is 1. The second-order valence-corrected chi connectivity index (χ2v) is 5.17. The number of anilines is 1. The summed E-state index contributed by atoms with van der Waals surface area (Å²) in [6, 6.07) is 13.4. The highest BCUT2D eigenvalue weighted by atomic mass is 16.5. The standard InChI is InChI=1S/C18H22N2O3/c1-13-8-9-17(23-3)15(10-13)20-18(21)12-19-11-14-6-4-5-7-16(14)22-2/h4-10,19H,11-12H2,1-3H3,(H,20,21). The van der Waals surface area contributed by atoms with Crippen molar-refractivity contribution in [1.29, 1.82) is 0 Å². The molecule has 0 aliphatic carbocycles. The Balaban J connectivity index is 1.89. The monoisotopic (exact) mass is 314 g/mol. The van der Waals surface area contributed by atoms with Gasteiger partial charge in [-0.15, -0.1) is 0 Å². The minimum Gasteiger partial charge on any atom is -0.496 e. The average molecular weight is 314 g/mol. The Hall–Kier alpha value is -2.53. The second-order valence-electron chi connectivity index (χ2n) is 5.17. The zero-order valence-electron chi connectivity index (χ0n) is 13.7. The van der Waals surface area contributed by atoms with Gasteiger partial charge >= 0.3 is 0 Å². The number of carbonyl (C=O) groups excluding carboxylic acids is 1. The van der Waals surface area contributed by atoms with Gasteiger partial charge in [-0.2, -0.15) is 0 Å². The van der Waals surface area contributed by atoms with Gasteiger partial charge in [0.1, 0.15) is 11.5 Å². The first kappa shape index (κ1) is 16.8. The Bertz CT molecular complexity index is 671. The molecular weight excluding hydrogens is 292 g/mol. The number of hydrogen-bond acceptors (Lipinski definition) is 4. The van der Waals surface area contributed by atoms with Crippen molar-refractivity contribution in [3.63, 3.8) is 0 Å². The Morgan fingerprint density at radius 3 is 2.52 bits per heavy atom. The number of nitrogens with one attached hydrogen (secondary N) is 2. The van der Waals surface area contributed by atoms with Gasteiger partial charge in [0.2, 0.25) is 5.91 Å². The van der Waals surface area contributed by atoms with Crippen LogP contribution >= 0.6 is 0 Å². The summed E-state index contributed by atoms with van der Waals surface area (Å²) in [5.74, 6) is 1.33. The molecule has 2 aromatic carbocycles. The van der Waals surface area contributed by atoms with Crippen molar-refractivity contribution in [2.45, 2.75) is 13.5 Å². The van der Waals surface area contributed by atoms with E-state index < -0.39 is 0 Å². The molecule has 0 saturated heterocycles. The molecular formula is C18H22N2O3. The third-order valence-electron chi connectivity index (χ3n) is 3.42. The Morgan fingerprint density at radius 2 is 1.78 bits per heavy atom. The van der Waals surface area contributed by atoms with E-state index in [1.165, 1.54) is 0 Å². The molecule has 5 nitrogen and oxygen atoms in total. The van der Waals surface area contributed by atoms with Crippen molar-refractivity contribution in [1.82, 2.24) is 5.32 Å². The van der Waals surface area contributed by atoms with Gasteiger partial charge in [0.05, 0.1) is 26.5 Å². The zero-order chi connectivity index (χ0) is 16.7. The highest BCUT2D eigenvalue weighted by molar-refractivity contribution is 5.93.